The zero-order valence-corrected chi connectivity index (χ0v) is 12.0. The summed E-state index contributed by atoms with van der Waals surface area (Å²) >= 11 is 1.29. The summed E-state index contributed by atoms with van der Waals surface area (Å²) < 4.78 is 1.59. The van der Waals surface area contributed by atoms with Gasteiger partial charge in [0.15, 0.2) is 0 Å². The van der Waals surface area contributed by atoms with Crippen LogP contribution in [-0.4, -0.2) is 49.6 Å². The Bertz CT molecular complexity index is 589. The van der Waals surface area contributed by atoms with Crippen molar-refractivity contribution in [2.45, 2.75) is 17.6 Å². The number of hydrogen-bond acceptors (Lipinski definition) is 6. The maximum absolute atomic E-state index is 11.2. The molecule has 0 aliphatic carbocycles. The minimum Gasteiger partial charge on any atom is -0.480 e. The lowest BCUT2D eigenvalue weighted by Crippen LogP contribution is -2.49. The Kier molecular flexibility index (Phi) is 4.35. The molecule has 0 radical (unpaired) electrons. The standard InChI is InChI=1S/C12H15N5O2S/c1-12(13-2,10(18)19)8-20-11-14-15-16-17(11)9-6-4-3-5-7-9/h3-7,13H,8H2,1-2H3,(H,18,19). The molecule has 0 bridgehead atoms. The Labute approximate surface area is 120 Å². The van der Waals surface area contributed by atoms with Crippen LogP contribution in [0.2, 0.25) is 0 Å². The molecule has 0 aliphatic rings. The molecule has 7 nitrogen and oxygen atoms in total. The lowest BCUT2D eigenvalue weighted by atomic mass is 10.1. The third-order valence-corrected chi connectivity index (χ3v) is 4.19. The van der Waals surface area contributed by atoms with E-state index in [1.54, 1.807) is 18.7 Å². The molecule has 1 heterocycles. The summed E-state index contributed by atoms with van der Waals surface area (Å²) in [6.45, 7) is 1.62. The van der Waals surface area contributed by atoms with Crippen molar-refractivity contribution in [1.82, 2.24) is 25.5 Å². The molecule has 1 aromatic heterocycles. The number of carboxylic acid groups (broad SMARTS) is 1. The predicted molar refractivity (Wildman–Crippen MR) is 75.0 cm³/mol. The molecular formula is C12H15N5O2S. The Morgan fingerprint density at radius 1 is 1.45 bits per heavy atom. The van der Waals surface area contributed by atoms with E-state index < -0.39 is 11.5 Å². The number of nitrogens with zero attached hydrogens (tertiary/aromatic N) is 4. The number of carboxylic acids is 1. The van der Waals surface area contributed by atoms with E-state index in [0.717, 1.165) is 5.69 Å². The van der Waals surface area contributed by atoms with Crippen LogP contribution >= 0.6 is 11.8 Å². The van der Waals surface area contributed by atoms with Crippen molar-refractivity contribution < 1.29 is 9.90 Å². The first-order valence-corrected chi connectivity index (χ1v) is 6.94. The molecule has 0 spiro atoms. The van der Waals surface area contributed by atoms with Crippen molar-refractivity contribution in [3.05, 3.63) is 30.3 Å². The summed E-state index contributed by atoms with van der Waals surface area (Å²) in [5.41, 5.74) is -0.195. The van der Waals surface area contributed by atoms with Gasteiger partial charge in [0.1, 0.15) is 5.54 Å². The lowest BCUT2D eigenvalue weighted by Gasteiger charge is -2.22. The first-order chi connectivity index (χ1) is 9.57. The topological polar surface area (TPSA) is 92.9 Å². The van der Waals surface area contributed by atoms with Crippen molar-refractivity contribution in [2.75, 3.05) is 12.8 Å². The highest BCUT2D eigenvalue weighted by Crippen LogP contribution is 2.22. The van der Waals surface area contributed by atoms with Crippen molar-refractivity contribution in [3.63, 3.8) is 0 Å². The van der Waals surface area contributed by atoms with Crippen molar-refractivity contribution in [1.29, 1.82) is 0 Å². The van der Waals surface area contributed by atoms with Crippen LogP contribution in [0, 0.1) is 0 Å². The highest BCUT2D eigenvalue weighted by Gasteiger charge is 2.32. The van der Waals surface area contributed by atoms with Gasteiger partial charge >= 0.3 is 5.97 Å². The molecule has 0 amide bonds. The number of hydrogen-bond donors (Lipinski definition) is 2. The molecule has 1 aromatic carbocycles. The monoisotopic (exact) mass is 293 g/mol. The number of thioether (sulfide) groups is 1. The van der Waals surface area contributed by atoms with E-state index in [-0.39, 0.29) is 0 Å². The number of likely N-dealkylation sites (N-methyl/N-ethyl adjacent to an activating group) is 1. The lowest BCUT2D eigenvalue weighted by molar-refractivity contribution is -0.142. The molecule has 2 N–H and O–H groups in total. The molecule has 1 atom stereocenters. The van der Waals surface area contributed by atoms with E-state index in [2.05, 4.69) is 20.8 Å². The van der Waals surface area contributed by atoms with Crippen LogP contribution < -0.4 is 5.32 Å². The molecule has 0 saturated carbocycles. The third kappa shape index (κ3) is 2.97. The first kappa shape index (κ1) is 14.5. The van der Waals surface area contributed by atoms with Crippen LogP contribution in [0.3, 0.4) is 0 Å². The molecular weight excluding hydrogens is 278 g/mol. The Morgan fingerprint density at radius 2 is 2.15 bits per heavy atom. The Balaban J connectivity index is 2.16. The second kappa shape index (κ2) is 6.02. The summed E-state index contributed by atoms with van der Waals surface area (Å²) in [5.74, 6) is -0.599. The van der Waals surface area contributed by atoms with E-state index in [9.17, 15) is 9.90 Å². The van der Waals surface area contributed by atoms with Gasteiger partial charge in [0, 0.05) is 5.75 Å². The molecule has 1 unspecified atom stereocenters. The maximum atomic E-state index is 11.2. The SMILES string of the molecule is CNC(C)(CSc1nnnn1-c1ccccc1)C(=O)O. The number of aliphatic carboxylic acids is 1. The zero-order chi connectivity index (χ0) is 14.6. The average Bonchev–Trinajstić information content (AvgIpc) is 2.94. The minimum absolute atomic E-state index is 0.312. The first-order valence-electron chi connectivity index (χ1n) is 5.96. The fraction of sp³-hybridized carbons (Fsp3) is 0.333. The van der Waals surface area contributed by atoms with Gasteiger partial charge in [-0.2, -0.15) is 4.68 Å². The van der Waals surface area contributed by atoms with Crippen LogP contribution in [0.4, 0.5) is 0 Å². The number of para-hydroxylation sites is 1. The van der Waals surface area contributed by atoms with Gasteiger partial charge in [0.25, 0.3) is 0 Å². The summed E-state index contributed by atoms with van der Waals surface area (Å²) in [4.78, 5) is 11.2. The molecule has 2 rings (SSSR count). The largest absolute Gasteiger partial charge is 0.480 e. The average molecular weight is 293 g/mol. The van der Waals surface area contributed by atoms with Crippen LogP contribution in [0.1, 0.15) is 6.92 Å². The van der Waals surface area contributed by atoms with Crippen LogP contribution in [-0.2, 0) is 4.79 Å². The van der Waals surface area contributed by atoms with Gasteiger partial charge in [-0.3, -0.25) is 4.79 Å². The predicted octanol–water partition coefficient (Wildman–Crippen LogP) is 0.817. The van der Waals surface area contributed by atoms with Crippen molar-refractivity contribution in [2.24, 2.45) is 0 Å². The molecule has 0 aliphatic heterocycles. The molecule has 0 fully saturated rings. The number of tetrazole rings is 1. The fourth-order valence-electron chi connectivity index (χ4n) is 1.45. The van der Waals surface area contributed by atoms with E-state index in [1.165, 1.54) is 11.8 Å². The van der Waals surface area contributed by atoms with Gasteiger partial charge in [-0.15, -0.1) is 5.10 Å². The fourth-order valence-corrected chi connectivity index (χ4v) is 2.49. The highest BCUT2D eigenvalue weighted by atomic mass is 32.2. The number of aromatic nitrogens is 4. The highest BCUT2D eigenvalue weighted by molar-refractivity contribution is 7.99. The Hall–Kier alpha value is -1.93. The number of carbonyl (C=O) groups is 1. The van der Waals surface area contributed by atoms with Crippen molar-refractivity contribution >= 4 is 17.7 Å². The molecule has 2 aromatic rings. The second-order valence-electron chi connectivity index (χ2n) is 4.38. The van der Waals surface area contributed by atoms with Gasteiger partial charge in [-0.05, 0) is 36.5 Å². The zero-order valence-electron chi connectivity index (χ0n) is 11.1. The summed E-state index contributed by atoms with van der Waals surface area (Å²) in [7, 11) is 1.62. The number of benzene rings is 1. The minimum atomic E-state index is -1.03. The molecule has 0 saturated heterocycles. The second-order valence-corrected chi connectivity index (χ2v) is 5.33. The number of nitrogens with one attached hydrogen (secondary N) is 1. The molecule has 8 heteroatoms. The maximum Gasteiger partial charge on any atom is 0.324 e. The van der Waals surface area contributed by atoms with Gasteiger partial charge < -0.3 is 10.4 Å². The Morgan fingerprint density at radius 3 is 2.75 bits per heavy atom. The normalized spacial score (nSPS) is 13.9. The van der Waals surface area contributed by atoms with E-state index in [1.807, 2.05) is 30.3 Å². The van der Waals surface area contributed by atoms with Crippen LogP contribution in [0.5, 0.6) is 0 Å². The van der Waals surface area contributed by atoms with Crippen LogP contribution in [0.15, 0.2) is 35.5 Å². The van der Waals surface area contributed by atoms with Crippen LogP contribution in [0.25, 0.3) is 5.69 Å². The van der Waals surface area contributed by atoms with E-state index >= 15 is 0 Å². The van der Waals surface area contributed by atoms with Gasteiger partial charge in [0.05, 0.1) is 5.69 Å². The summed E-state index contributed by atoms with van der Waals surface area (Å²) in [5, 5.41) is 24.1. The smallest absolute Gasteiger partial charge is 0.324 e. The van der Waals surface area contributed by atoms with Gasteiger partial charge in [-0.25, -0.2) is 0 Å². The number of rotatable bonds is 6. The molecule has 106 valence electrons. The van der Waals surface area contributed by atoms with Crippen molar-refractivity contribution in [3.8, 4) is 5.69 Å². The quantitative estimate of drug-likeness (QED) is 0.761. The van der Waals surface area contributed by atoms with Gasteiger partial charge in [0.2, 0.25) is 5.16 Å². The third-order valence-electron chi connectivity index (χ3n) is 2.96. The van der Waals surface area contributed by atoms with Gasteiger partial charge in [-0.1, -0.05) is 30.0 Å². The van der Waals surface area contributed by atoms with E-state index in [4.69, 9.17) is 0 Å². The van der Waals surface area contributed by atoms with E-state index in [0.29, 0.717) is 10.9 Å². The molecule has 20 heavy (non-hydrogen) atoms. The summed E-state index contributed by atoms with van der Waals surface area (Å²) in [6.07, 6.45) is 0. The summed E-state index contributed by atoms with van der Waals surface area (Å²) in [6, 6.07) is 9.45.